The van der Waals surface area contributed by atoms with Crippen molar-refractivity contribution in [2.24, 2.45) is 5.92 Å². The maximum atomic E-state index is 6.30. The molecule has 4 nitrogen and oxygen atoms in total. The van der Waals surface area contributed by atoms with E-state index in [-0.39, 0.29) is 11.7 Å². The van der Waals surface area contributed by atoms with Gasteiger partial charge in [0.25, 0.3) is 0 Å². The van der Waals surface area contributed by atoms with Crippen LogP contribution in [-0.4, -0.2) is 56.1 Å². The van der Waals surface area contributed by atoms with Gasteiger partial charge in [-0.15, -0.1) is 11.3 Å². The van der Waals surface area contributed by atoms with E-state index < -0.39 is 0 Å². The molecular formula is C19H29NO3S. The maximum Gasteiger partial charge on any atom is 0.0836 e. The lowest BCUT2D eigenvalue weighted by Crippen LogP contribution is -2.47. The molecule has 134 valence electrons. The number of rotatable bonds is 5. The summed E-state index contributed by atoms with van der Waals surface area (Å²) in [6, 6.07) is 4.38. The van der Waals surface area contributed by atoms with Crippen molar-refractivity contribution in [3.8, 4) is 0 Å². The third-order valence-corrected chi connectivity index (χ3v) is 6.52. The molecule has 2 atom stereocenters. The molecule has 1 aromatic heterocycles. The van der Waals surface area contributed by atoms with Gasteiger partial charge in [0.15, 0.2) is 0 Å². The molecule has 5 heteroatoms. The number of likely N-dealkylation sites (tertiary alicyclic amines) is 1. The van der Waals surface area contributed by atoms with E-state index in [4.69, 9.17) is 14.2 Å². The minimum absolute atomic E-state index is 0.0376. The second kappa shape index (κ2) is 7.83. The smallest absolute Gasteiger partial charge is 0.0836 e. The number of hydrogen-bond acceptors (Lipinski definition) is 5. The summed E-state index contributed by atoms with van der Waals surface area (Å²) < 4.78 is 17.9. The molecule has 3 aliphatic heterocycles. The topological polar surface area (TPSA) is 30.9 Å². The minimum atomic E-state index is 0.0376. The highest BCUT2D eigenvalue weighted by Crippen LogP contribution is 2.36. The summed E-state index contributed by atoms with van der Waals surface area (Å²) in [6.07, 6.45) is 6.07. The second-order valence-corrected chi connectivity index (χ2v) is 8.64. The van der Waals surface area contributed by atoms with E-state index in [9.17, 15) is 0 Å². The highest BCUT2D eigenvalue weighted by Gasteiger charge is 2.44. The lowest BCUT2D eigenvalue weighted by molar-refractivity contribution is -0.0552. The van der Waals surface area contributed by atoms with Crippen LogP contribution < -0.4 is 0 Å². The van der Waals surface area contributed by atoms with E-state index in [1.807, 2.05) is 11.3 Å². The predicted octanol–water partition coefficient (Wildman–Crippen LogP) is 3.31. The van der Waals surface area contributed by atoms with E-state index in [1.54, 1.807) is 0 Å². The van der Waals surface area contributed by atoms with Crippen LogP contribution >= 0.6 is 11.3 Å². The van der Waals surface area contributed by atoms with Gasteiger partial charge < -0.3 is 14.2 Å². The number of ether oxygens (including phenoxy) is 3. The summed E-state index contributed by atoms with van der Waals surface area (Å²) in [5.41, 5.74) is 0.0376. The Hall–Kier alpha value is -0.460. The fourth-order valence-electron chi connectivity index (χ4n) is 4.33. The van der Waals surface area contributed by atoms with E-state index >= 15 is 0 Å². The van der Waals surface area contributed by atoms with Crippen LogP contribution in [0.1, 0.15) is 37.0 Å². The van der Waals surface area contributed by atoms with E-state index in [0.29, 0.717) is 5.92 Å². The zero-order chi connectivity index (χ0) is 16.2. The Kier molecular flexibility index (Phi) is 5.54. The first kappa shape index (κ1) is 17.0. The zero-order valence-electron chi connectivity index (χ0n) is 14.5. The third kappa shape index (κ3) is 4.20. The summed E-state index contributed by atoms with van der Waals surface area (Å²) in [4.78, 5) is 4.02. The standard InChI is InChI=1S/C19H29NO3S/c1-3-18(24-10-1)12-20-7-2-6-19(15-20)11-17(14-23-19)22-13-16-4-8-21-9-5-16/h1,3,10,16-17H,2,4-9,11-15H2/t17-,19+/m1/s1. The highest BCUT2D eigenvalue weighted by molar-refractivity contribution is 7.09. The van der Waals surface area contributed by atoms with Gasteiger partial charge in [-0.3, -0.25) is 4.90 Å². The average molecular weight is 352 g/mol. The molecule has 3 saturated heterocycles. The molecule has 24 heavy (non-hydrogen) atoms. The minimum Gasteiger partial charge on any atom is -0.381 e. The fraction of sp³-hybridized carbons (Fsp3) is 0.789. The Morgan fingerprint density at radius 1 is 1.33 bits per heavy atom. The van der Waals surface area contributed by atoms with Crippen LogP contribution in [0.4, 0.5) is 0 Å². The quantitative estimate of drug-likeness (QED) is 0.814. The lowest BCUT2D eigenvalue weighted by Gasteiger charge is -2.39. The van der Waals surface area contributed by atoms with Gasteiger partial charge in [0.05, 0.1) is 24.9 Å². The molecule has 4 heterocycles. The van der Waals surface area contributed by atoms with Gasteiger partial charge in [-0.25, -0.2) is 0 Å². The van der Waals surface area contributed by atoms with Crippen molar-refractivity contribution in [1.82, 2.24) is 4.90 Å². The highest BCUT2D eigenvalue weighted by atomic mass is 32.1. The Bertz CT molecular complexity index is 503. The Morgan fingerprint density at radius 3 is 3.08 bits per heavy atom. The van der Waals surface area contributed by atoms with Crippen molar-refractivity contribution in [2.75, 3.05) is 39.5 Å². The average Bonchev–Trinajstić information content (AvgIpc) is 3.25. The molecule has 3 fully saturated rings. The van der Waals surface area contributed by atoms with E-state index in [2.05, 4.69) is 22.4 Å². The van der Waals surface area contributed by atoms with Gasteiger partial charge in [-0.05, 0) is 49.6 Å². The fourth-order valence-corrected chi connectivity index (χ4v) is 5.07. The molecule has 0 aromatic carbocycles. The van der Waals surface area contributed by atoms with Gasteiger partial charge in [0.1, 0.15) is 0 Å². The van der Waals surface area contributed by atoms with Crippen LogP contribution in [0.25, 0.3) is 0 Å². The molecule has 4 rings (SSSR count). The summed E-state index contributed by atoms with van der Waals surface area (Å²) in [6.45, 7) is 6.77. The molecule has 0 unspecified atom stereocenters. The Balaban J connectivity index is 1.26. The van der Waals surface area contributed by atoms with Crippen molar-refractivity contribution in [1.29, 1.82) is 0 Å². The van der Waals surface area contributed by atoms with Crippen LogP contribution in [0.2, 0.25) is 0 Å². The van der Waals surface area contributed by atoms with Crippen molar-refractivity contribution < 1.29 is 14.2 Å². The molecular weight excluding hydrogens is 322 g/mol. The molecule has 1 aromatic rings. The SMILES string of the molecule is c1csc(CN2CCC[C@]3(C[C@@H](OCC4CCOCC4)CO3)C2)c1. The molecule has 0 saturated carbocycles. The number of nitrogens with zero attached hydrogens (tertiary/aromatic N) is 1. The number of hydrogen-bond donors (Lipinski definition) is 0. The van der Waals surface area contributed by atoms with Crippen molar-refractivity contribution in [3.63, 3.8) is 0 Å². The van der Waals surface area contributed by atoms with Crippen LogP contribution in [0.5, 0.6) is 0 Å². The molecule has 1 spiro atoms. The van der Waals surface area contributed by atoms with E-state index in [0.717, 1.165) is 58.8 Å². The van der Waals surface area contributed by atoms with Gasteiger partial charge in [0, 0.05) is 37.6 Å². The van der Waals surface area contributed by atoms with Crippen LogP contribution in [0.15, 0.2) is 17.5 Å². The number of thiophene rings is 1. The molecule has 0 bridgehead atoms. The molecule has 0 aliphatic carbocycles. The normalized spacial score (nSPS) is 32.6. The molecule has 0 amide bonds. The van der Waals surface area contributed by atoms with Crippen molar-refractivity contribution in [2.45, 2.75) is 50.4 Å². The maximum absolute atomic E-state index is 6.30. The first-order valence-electron chi connectivity index (χ1n) is 9.39. The first-order valence-corrected chi connectivity index (χ1v) is 10.3. The summed E-state index contributed by atoms with van der Waals surface area (Å²) in [5.74, 6) is 0.678. The Morgan fingerprint density at radius 2 is 2.25 bits per heavy atom. The van der Waals surface area contributed by atoms with Gasteiger partial charge in [-0.1, -0.05) is 6.07 Å². The first-order chi connectivity index (χ1) is 11.8. The second-order valence-electron chi connectivity index (χ2n) is 7.60. The molecule has 0 N–H and O–H groups in total. The number of piperidine rings is 1. The van der Waals surface area contributed by atoms with Crippen molar-refractivity contribution >= 4 is 11.3 Å². The van der Waals surface area contributed by atoms with Crippen LogP contribution in [0.3, 0.4) is 0 Å². The van der Waals surface area contributed by atoms with E-state index in [1.165, 1.54) is 24.3 Å². The van der Waals surface area contributed by atoms with Gasteiger partial charge in [-0.2, -0.15) is 0 Å². The van der Waals surface area contributed by atoms with Crippen molar-refractivity contribution in [3.05, 3.63) is 22.4 Å². The zero-order valence-corrected chi connectivity index (χ0v) is 15.3. The summed E-state index contributed by atoms with van der Waals surface area (Å²) >= 11 is 1.85. The van der Waals surface area contributed by atoms with Gasteiger partial charge in [0.2, 0.25) is 0 Å². The largest absolute Gasteiger partial charge is 0.381 e. The monoisotopic (exact) mass is 351 g/mol. The van der Waals surface area contributed by atoms with Gasteiger partial charge >= 0.3 is 0 Å². The van der Waals surface area contributed by atoms with Crippen LogP contribution in [-0.2, 0) is 20.8 Å². The summed E-state index contributed by atoms with van der Waals surface area (Å²) in [7, 11) is 0. The third-order valence-electron chi connectivity index (χ3n) is 5.66. The molecule has 0 radical (unpaired) electrons. The van der Waals surface area contributed by atoms with Crippen LogP contribution in [0, 0.1) is 5.92 Å². The predicted molar refractivity (Wildman–Crippen MR) is 95.4 cm³/mol. The lowest BCUT2D eigenvalue weighted by atomic mass is 9.89. The summed E-state index contributed by atoms with van der Waals surface area (Å²) in [5, 5.41) is 2.17. The molecule has 3 aliphatic rings. The Labute approximate surface area is 149 Å².